The van der Waals surface area contributed by atoms with Crippen molar-refractivity contribution in [3.05, 3.63) is 29.8 Å². The molecule has 112 valence electrons. The standard InChI is InChI=1S/C16H26N2OS/c1-3-17-12-15-6-4-5-7-16(15)19-10-8-18-9-11-20-14(2)13-18/h4-7,14,17H,3,8-13H2,1-2H3. The van der Waals surface area contributed by atoms with Crippen molar-refractivity contribution in [1.82, 2.24) is 10.2 Å². The fraction of sp³-hybridized carbons (Fsp3) is 0.625. The van der Waals surface area contributed by atoms with Gasteiger partial charge in [-0.3, -0.25) is 4.90 Å². The van der Waals surface area contributed by atoms with E-state index in [-0.39, 0.29) is 0 Å². The van der Waals surface area contributed by atoms with Crippen molar-refractivity contribution < 1.29 is 4.74 Å². The summed E-state index contributed by atoms with van der Waals surface area (Å²) in [4.78, 5) is 2.51. The second kappa shape index (κ2) is 8.55. The Morgan fingerprint density at radius 3 is 3.05 bits per heavy atom. The summed E-state index contributed by atoms with van der Waals surface area (Å²) in [6.45, 7) is 10.5. The Morgan fingerprint density at radius 2 is 2.25 bits per heavy atom. The molecule has 1 atom stereocenters. The molecular formula is C16H26N2OS. The second-order valence-corrected chi connectivity index (χ2v) is 6.76. The van der Waals surface area contributed by atoms with Gasteiger partial charge < -0.3 is 10.1 Å². The van der Waals surface area contributed by atoms with Crippen molar-refractivity contribution in [1.29, 1.82) is 0 Å². The molecule has 1 unspecified atom stereocenters. The van der Waals surface area contributed by atoms with Crippen LogP contribution in [0, 0.1) is 0 Å². The first-order chi connectivity index (χ1) is 9.79. The number of ether oxygens (including phenoxy) is 1. The molecule has 0 radical (unpaired) electrons. The summed E-state index contributed by atoms with van der Waals surface area (Å²) in [7, 11) is 0. The van der Waals surface area contributed by atoms with Crippen LogP contribution in [0.4, 0.5) is 0 Å². The monoisotopic (exact) mass is 294 g/mol. The lowest BCUT2D eigenvalue weighted by atomic mass is 10.2. The Kier molecular flexibility index (Phi) is 6.70. The normalized spacial score (nSPS) is 20.0. The third kappa shape index (κ3) is 5.00. The van der Waals surface area contributed by atoms with E-state index in [4.69, 9.17) is 4.74 Å². The van der Waals surface area contributed by atoms with Crippen LogP contribution in [0.1, 0.15) is 19.4 Å². The zero-order chi connectivity index (χ0) is 14.2. The minimum Gasteiger partial charge on any atom is -0.492 e. The number of benzene rings is 1. The number of nitrogens with one attached hydrogen (secondary N) is 1. The van der Waals surface area contributed by atoms with E-state index >= 15 is 0 Å². The van der Waals surface area contributed by atoms with Gasteiger partial charge in [0.25, 0.3) is 0 Å². The SMILES string of the molecule is CCNCc1ccccc1OCCN1CCSC(C)C1. The van der Waals surface area contributed by atoms with Crippen LogP contribution in [0.2, 0.25) is 0 Å². The highest BCUT2D eigenvalue weighted by Gasteiger charge is 2.16. The van der Waals surface area contributed by atoms with Crippen molar-refractivity contribution in [2.24, 2.45) is 0 Å². The molecule has 1 fully saturated rings. The first-order valence-corrected chi connectivity index (χ1v) is 8.60. The summed E-state index contributed by atoms with van der Waals surface area (Å²) in [6, 6.07) is 8.33. The van der Waals surface area contributed by atoms with E-state index in [1.54, 1.807) is 0 Å². The molecule has 1 aromatic rings. The molecule has 20 heavy (non-hydrogen) atoms. The van der Waals surface area contributed by atoms with E-state index in [1.807, 2.05) is 6.07 Å². The topological polar surface area (TPSA) is 24.5 Å². The molecule has 0 bridgehead atoms. The fourth-order valence-electron chi connectivity index (χ4n) is 2.43. The average molecular weight is 294 g/mol. The maximum Gasteiger partial charge on any atom is 0.123 e. The summed E-state index contributed by atoms with van der Waals surface area (Å²) in [5, 5.41) is 4.11. The summed E-state index contributed by atoms with van der Waals surface area (Å²) in [5.41, 5.74) is 1.25. The van der Waals surface area contributed by atoms with Crippen LogP contribution in [0.3, 0.4) is 0 Å². The Balaban J connectivity index is 1.78. The highest BCUT2D eigenvalue weighted by molar-refractivity contribution is 7.99. The molecular weight excluding hydrogens is 268 g/mol. The number of para-hydroxylation sites is 1. The maximum atomic E-state index is 5.98. The Hall–Kier alpha value is -0.710. The molecule has 2 rings (SSSR count). The van der Waals surface area contributed by atoms with E-state index in [2.05, 4.69) is 54.0 Å². The second-order valence-electron chi connectivity index (χ2n) is 5.22. The van der Waals surface area contributed by atoms with E-state index in [9.17, 15) is 0 Å². The molecule has 1 aliphatic heterocycles. The Bertz CT molecular complexity index is 400. The summed E-state index contributed by atoms with van der Waals surface area (Å²) in [5.74, 6) is 2.27. The minimum atomic E-state index is 0.754. The van der Waals surface area contributed by atoms with Gasteiger partial charge in [0.2, 0.25) is 0 Å². The molecule has 0 aliphatic carbocycles. The summed E-state index contributed by atoms with van der Waals surface area (Å²) < 4.78 is 5.98. The third-order valence-corrected chi connectivity index (χ3v) is 4.66. The number of rotatable bonds is 7. The minimum absolute atomic E-state index is 0.754. The van der Waals surface area contributed by atoms with E-state index < -0.39 is 0 Å². The Labute approximate surface area is 127 Å². The number of nitrogens with zero attached hydrogens (tertiary/aromatic N) is 1. The first-order valence-electron chi connectivity index (χ1n) is 7.55. The van der Waals surface area contributed by atoms with Crippen LogP contribution in [0.25, 0.3) is 0 Å². The lowest BCUT2D eigenvalue weighted by Crippen LogP contribution is -2.39. The van der Waals surface area contributed by atoms with E-state index in [0.717, 1.165) is 37.2 Å². The van der Waals surface area contributed by atoms with Crippen molar-refractivity contribution >= 4 is 11.8 Å². The number of hydrogen-bond acceptors (Lipinski definition) is 4. The third-order valence-electron chi connectivity index (χ3n) is 3.53. The summed E-state index contributed by atoms with van der Waals surface area (Å²) >= 11 is 2.07. The van der Waals surface area contributed by atoms with Gasteiger partial charge in [0.05, 0.1) is 0 Å². The van der Waals surface area contributed by atoms with Gasteiger partial charge in [0.1, 0.15) is 12.4 Å². The zero-order valence-electron chi connectivity index (χ0n) is 12.6. The Morgan fingerprint density at radius 1 is 1.40 bits per heavy atom. The van der Waals surface area contributed by atoms with Crippen LogP contribution < -0.4 is 10.1 Å². The van der Waals surface area contributed by atoms with Gasteiger partial charge in [-0.25, -0.2) is 0 Å². The molecule has 1 N–H and O–H groups in total. The van der Waals surface area contributed by atoms with Crippen LogP contribution in [0.5, 0.6) is 5.75 Å². The number of hydrogen-bond donors (Lipinski definition) is 1. The summed E-state index contributed by atoms with van der Waals surface area (Å²) in [6.07, 6.45) is 0. The quantitative estimate of drug-likeness (QED) is 0.835. The molecule has 0 saturated carbocycles. The van der Waals surface area contributed by atoms with E-state index in [1.165, 1.54) is 24.4 Å². The van der Waals surface area contributed by atoms with Gasteiger partial charge in [-0.2, -0.15) is 11.8 Å². The van der Waals surface area contributed by atoms with Crippen molar-refractivity contribution in [3.63, 3.8) is 0 Å². The lowest BCUT2D eigenvalue weighted by Gasteiger charge is -2.30. The molecule has 0 spiro atoms. The van der Waals surface area contributed by atoms with Gasteiger partial charge in [-0.15, -0.1) is 0 Å². The van der Waals surface area contributed by atoms with Gasteiger partial charge >= 0.3 is 0 Å². The predicted octanol–water partition coefficient (Wildman–Crippen LogP) is 2.61. The molecule has 0 amide bonds. The van der Waals surface area contributed by atoms with Crippen molar-refractivity contribution in [2.45, 2.75) is 25.6 Å². The predicted molar refractivity (Wildman–Crippen MR) is 87.7 cm³/mol. The van der Waals surface area contributed by atoms with Crippen LogP contribution in [-0.2, 0) is 6.54 Å². The molecule has 1 saturated heterocycles. The van der Waals surface area contributed by atoms with Crippen molar-refractivity contribution in [3.8, 4) is 5.75 Å². The van der Waals surface area contributed by atoms with Gasteiger partial charge in [-0.05, 0) is 12.6 Å². The van der Waals surface area contributed by atoms with Crippen molar-refractivity contribution in [2.75, 3.05) is 38.5 Å². The lowest BCUT2D eigenvalue weighted by molar-refractivity contribution is 0.213. The molecule has 0 aromatic heterocycles. The first kappa shape index (κ1) is 15.7. The zero-order valence-corrected chi connectivity index (χ0v) is 13.4. The maximum absolute atomic E-state index is 5.98. The van der Waals surface area contributed by atoms with Crippen LogP contribution >= 0.6 is 11.8 Å². The van der Waals surface area contributed by atoms with Gasteiger partial charge in [0.15, 0.2) is 0 Å². The smallest absolute Gasteiger partial charge is 0.123 e. The average Bonchev–Trinajstić information content (AvgIpc) is 2.46. The number of thioether (sulfide) groups is 1. The van der Waals surface area contributed by atoms with Gasteiger partial charge in [-0.1, -0.05) is 32.0 Å². The molecule has 3 nitrogen and oxygen atoms in total. The largest absolute Gasteiger partial charge is 0.492 e. The van der Waals surface area contributed by atoms with E-state index in [0.29, 0.717) is 0 Å². The van der Waals surface area contributed by atoms with Crippen LogP contribution in [-0.4, -0.2) is 48.7 Å². The highest BCUT2D eigenvalue weighted by Crippen LogP contribution is 2.19. The molecule has 1 aromatic carbocycles. The fourth-order valence-corrected chi connectivity index (χ4v) is 3.51. The van der Waals surface area contributed by atoms with Gasteiger partial charge in [0, 0.05) is 42.7 Å². The molecule has 1 aliphatic rings. The molecule has 4 heteroatoms. The molecule has 1 heterocycles. The highest BCUT2D eigenvalue weighted by atomic mass is 32.2. The van der Waals surface area contributed by atoms with Crippen LogP contribution in [0.15, 0.2) is 24.3 Å².